The van der Waals surface area contributed by atoms with Crippen LogP contribution in [-0.4, -0.2) is 103 Å². The summed E-state index contributed by atoms with van der Waals surface area (Å²) in [6.45, 7) is -0.327. The number of aromatic nitrogens is 1. The Morgan fingerprint density at radius 2 is 1.88 bits per heavy atom. The first-order chi connectivity index (χ1) is 20.3. The van der Waals surface area contributed by atoms with Crippen molar-refractivity contribution in [2.45, 2.75) is 46.8 Å². The molecule has 1 aromatic heterocycles. The van der Waals surface area contributed by atoms with Crippen molar-refractivity contribution in [3.05, 3.63) is 54.7 Å². The summed E-state index contributed by atoms with van der Waals surface area (Å²) in [5.74, 6) is -0.218. The number of aliphatic hydroxyl groups is 1. The highest BCUT2D eigenvalue weighted by atomic mass is 32.2. The van der Waals surface area contributed by atoms with Gasteiger partial charge in [-0.25, -0.2) is 26.8 Å². The SMILES string of the molecule is NS(=O)(=O)c1cccc(OC[C@@H](O)CN(C(=O)O)[C@H]2COC3(CCN(S(=O)(=O)c4cnc5ccccc5c4O)CC3)C2)c1. The van der Waals surface area contributed by atoms with Gasteiger partial charge in [0.2, 0.25) is 20.0 Å². The van der Waals surface area contributed by atoms with Gasteiger partial charge in [0.05, 0.1) is 41.4 Å². The number of sulfonamides is 2. The minimum absolute atomic E-state index is 0.0679. The number of piperidine rings is 1. The second-order valence-corrected chi connectivity index (χ2v) is 14.1. The molecule has 0 aliphatic carbocycles. The number of primary sulfonamides is 1. The van der Waals surface area contributed by atoms with Gasteiger partial charge in [-0.1, -0.05) is 18.2 Å². The van der Waals surface area contributed by atoms with E-state index in [0.717, 1.165) is 11.1 Å². The summed E-state index contributed by atoms with van der Waals surface area (Å²) in [6.07, 6.45) is -0.425. The lowest BCUT2D eigenvalue weighted by Gasteiger charge is -2.38. The van der Waals surface area contributed by atoms with Crippen molar-refractivity contribution in [1.29, 1.82) is 0 Å². The molecule has 2 saturated heterocycles. The molecule has 0 bridgehead atoms. The molecule has 232 valence electrons. The Labute approximate surface area is 248 Å². The van der Waals surface area contributed by atoms with Crippen molar-refractivity contribution in [3.8, 4) is 11.5 Å². The summed E-state index contributed by atoms with van der Waals surface area (Å²) < 4.78 is 62.7. The number of aromatic hydroxyl groups is 1. The van der Waals surface area contributed by atoms with Crippen molar-refractivity contribution in [2.24, 2.45) is 5.14 Å². The summed E-state index contributed by atoms with van der Waals surface area (Å²) in [4.78, 5) is 16.9. The minimum atomic E-state index is -4.06. The predicted molar refractivity (Wildman–Crippen MR) is 153 cm³/mol. The molecule has 0 radical (unpaired) electrons. The van der Waals surface area contributed by atoms with E-state index >= 15 is 0 Å². The van der Waals surface area contributed by atoms with Crippen LogP contribution in [0.5, 0.6) is 11.5 Å². The predicted octanol–water partition coefficient (Wildman–Crippen LogP) is 1.32. The van der Waals surface area contributed by atoms with Gasteiger partial charge in [-0.15, -0.1) is 0 Å². The van der Waals surface area contributed by atoms with Crippen LogP contribution in [0.4, 0.5) is 4.79 Å². The molecule has 2 aliphatic rings. The quantitative estimate of drug-likeness (QED) is 0.263. The molecule has 1 spiro atoms. The number of carboxylic acid groups (broad SMARTS) is 1. The van der Waals surface area contributed by atoms with Gasteiger partial charge in [0, 0.05) is 24.5 Å². The number of fused-ring (bicyclic) bond motifs is 1. The Kier molecular flexibility index (Phi) is 8.52. The zero-order chi connectivity index (χ0) is 31.0. The number of pyridine rings is 1. The summed E-state index contributed by atoms with van der Waals surface area (Å²) in [5, 5.41) is 36.6. The molecule has 2 atom stereocenters. The van der Waals surface area contributed by atoms with Crippen LogP contribution >= 0.6 is 0 Å². The van der Waals surface area contributed by atoms with Gasteiger partial charge < -0.3 is 29.7 Å². The van der Waals surface area contributed by atoms with Crippen molar-refractivity contribution >= 4 is 37.0 Å². The van der Waals surface area contributed by atoms with Crippen LogP contribution < -0.4 is 9.88 Å². The van der Waals surface area contributed by atoms with Gasteiger partial charge in [-0.05, 0) is 43.5 Å². The molecule has 16 heteroatoms. The van der Waals surface area contributed by atoms with Gasteiger partial charge in [-0.3, -0.25) is 4.98 Å². The number of carbonyl (C=O) groups is 1. The first kappa shape index (κ1) is 30.9. The second-order valence-electron chi connectivity index (χ2n) is 10.7. The van der Waals surface area contributed by atoms with E-state index in [4.69, 9.17) is 14.6 Å². The molecule has 43 heavy (non-hydrogen) atoms. The Hall–Kier alpha value is -3.54. The molecule has 1 amide bonds. The zero-order valence-electron chi connectivity index (χ0n) is 22.9. The molecule has 5 N–H and O–H groups in total. The lowest BCUT2D eigenvalue weighted by atomic mass is 9.88. The van der Waals surface area contributed by atoms with Gasteiger partial charge >= 0.3 is 6.09 Å². The van der Waals surface area contributed by atoms with Crippen LogP contribution in [0.25, 0.3) is 10.9 Å². The third-order valence-corrected chi connectivity index (χ3v) is 10.6. The molecule has 0 unspecified atom stereocenters. The van der Waals surface area contributed by atoms with Crippen molar-refractivity contribution in [2.75, 3.05) is 32.8 Å². The average molecular weight is 637 g/mol. The zero-order valence-corrected chi connectivity index (χ0v) is 24.6. The number of nitrogens with two attached hydrogens (primary N) is 1. The number of benzene rings is 2. The van der Waals surface area contributed by atoms with E-state index in [2.05, 4.69) is 4.98 Å². The van der Waals surface area contributed by atoms with E-state index in [1.165, 1.54) is 28.6 Å². The first-order valence-electron chi connectivity index (χ1n) is 13.4. The molecule has 2 fully saturated rings. The van der Waals surface area contributed by atoms with E-state index in [-0.39, 0.29) is 54.1 Å². The van der Waals surface area contributed by atoms with E-state index in [9.17, 15) is 36.9 Å². The number of rotatable bonds is 9. The lowest BCUT2D eigenvalue weighted by Crippen LogP contribution is -2.48. The molecule has 2 aromatic carbocycles. The minimum Gasteiger partial charge on any atom is -0.506 e. The topological polar surface area (TPSA) is 210 Å². The first-order valence-corrected chi connectivity index (χ1v) is 16.4. The number of hydrogen-bond acceptors (Lipinski definition) is 10. The van der Waals surface area contributed by atoms with Crippen molar-refractivity contribution in [3.63, 3.8) is 0 Å². The Balaban J connectivity index is 1.19. The highest BCUT2D eigenvalue weighted by molar-refractivity contribution is 7.89. The van der Waals surface area contributed by atoms with Crippen LogP contribution in [-0.2, 0) is 24.8 Å². The molecule has 0 saturated carbocycles. The summed E-state index contributed by atoms with van der Waals surface area (Å²) in [5.41, 5.74) is -0.276. The third-order valence-electron chi connectivity index (χ3n) is 7.82. The van der Waals surface area contributed by atoms with Crippen LogP contribution in [0.15, 0.2) is 64.5 Å². The number of para-hydroxylation sites is 1. The fraction of sp³-hybridized carbons (Fsp3) is 0.407. The van der Waals surface area contributed by atoms with Crippen LogP contribution in [0.3, 0.4) is 0 Å². The monoisotopic (exact) mass is 636 g/mol. The second kappa shape index (κ2) is 11.9. The Bertz CT molecular complexity index is 1730. The maximum atomic E-state index is 13.4. The van der Waals surface area contributed by atoms with Crippen LogP contribution in [0.2, 0.25) is 0 Å². The van der Waals surface area contributed by atoms with E-state index in [0.29, 0.717) is 30.2 Å². The molecule has 2 aliphatic heterocycles. The van der Waals surface area contributed by atoms with Crippen molar-refractivity contribution in [1.82, 2.24) is 14.2 Å². The number of ether oxygens (including phenoxy) is 2. The average Bonchev–Trinajstić information content (AvgIpc) is 3.37. The van der Waals surface area contributed by atoms with Gasteiger partial charge in [-0.2, -0.15) is 4.31 Å². The maximum absolute atomic E-state index is 13.4. The van der Waals surface area contributed by atoms with Crippen LogP contribution in [0.1, 0.15) is 19.3 Å². The standard InChI is InChI=1S/C27H32N4O10S2/c28-42(36,37)21-5-3-4-20(12-21)40-17-19(32)15-31(26(34)35)18-13-27(41-16-18)8-10-30(11-9-27)43(38,39)24-14-29-23-7-2-1-6-22(23)25(24)33/h1-7,12,14,18-19,32H,8-11,13,15-17H2,(H,29,33)(H,34,35)(H2,28,36,37)/t18-,19+/m1/s1. The summed E-state index contributed by atoms with van der Waals surface area (Å²) >= 11 is 0. The number of amides is 1. The number of hydrogen-bond donors (Lipinski definition) is 4. The maximum Gasteiger partial charge on any atom is 0.407 e. The molecular weight excluding hydrogens is 604 g/mol. The van der Waals surface area contributed by atoms with Gasteiger partial charge in [0.25, 0.3) is 0 Å². The summed E-state index contributed by atoms with van der Waals surface area (Å²) in [7, 11) is -8.00. The van der Waals surface area contributed by atoms with E-state index in [1.807, 2.05) is 0 Å². The van der Waals surface area contributed by atoms with E-state index in [1.54, 1.807) is 24.3 Å². The Morgan fingerprint density at radius 1 is 1.16 bits per heavy atom. The fourth-order valence-corrected chi connectivity index (χ4v) is 7.57. The fourth-order valence-electron chi connectivity index (χ4n) is 5.54. The Morgan fingerprint density at radius 3 is 2.58 bits per heavy atom. The van der Waals surface area contributed by atoms with Crippen molar-refractivity contribution < 1.29 is 46.4 Å². The molecule has 3 aromatic rings. The lowest BCUT2D eigenvalue weighted by molar-refractivity contribution is -0.0319. The highest BCUT2D eigenvalue weighted by Crippen LogP contribution is 2.40. The molecule has 3 heterocycles. The largest absolute Gasteiger partial charge is 0.506 e. The van der Waals surface area contributed by atoms with E-state index < -0.39 is 43.9 Å². The molecule has 5 rings (SSSR count). The molecular formula is C27H32N4O10S2. The van der Waals surface area contributed by atoms with Gasteiger partial charge in [0.1, 0.15) is 29.1 Å². The smallest absolute Gasteiger partial charge is 0.407 e. The van der Waals surface area contributed by atoms with Crippen LogP contribution in [0, 0.1) is 0 Å². The normalized spacial score (nSPS) is 19.8. The number of nitrogens with zero attached hydrogens (tertiary/aromatic N) is 3. The number of aliphatic hydroxyl groups excluding tert-OH is 1. The van der Waals surface area contributed by atoms with Gasteiger partial charge in [0.15, 0.2) is 0 Å². The third kappa shape index (κ3) is 6.53. The highest BCUT2D eigenvalue weighted by Gasteiger charge is 2.47. The molecule has 14 nitrogen and oxygen atoms in total. The summed E-state index contributed by atoms with van der Waals surface area (Å²) in [6, 6.07) is 11.5.